The molecule has 2 saturated heterocycles. The van der Waals surface area contributed by atoms with E-state index < -0.39 is 0 Å². The standard InChI is InChI=1S/C20H29N3O3S/c1-20(2,3)23-13-14(11-18(23)25)19(26)21-15-6-8-22(9-7-15)17(24)12-16-5-4-10-27-16/h4-5,10,14-15H,6-9,11-13H2,1-3H3,(H,21,26). The van der Waals surface area contributed by atoms with Gasteiger partial charge in [-0.1, -0.05) is 6.07 Å². The first-order valence-corrected chi connectivity index (χ1v) is 10.5. The van der Waals surface area contributed by atoms with Crippen LogP contribution >= 0.6 is 11.3 Å². The van der Waals surface area contributed by atoms with E-state index in [-0.39, 0.29) is 35.2 Å². The average molecular weight is 392 g/mol. The molecule has 7 heteroatoms. The molecule has 1 unspecified atom stereocenters. The number of amides is 3. The molecular weight excluding hydrogens is 362 g/mol. The maximum Gasteiger partial charge on any atom is 0.227 e. The molecule has 3 rings (SSSR count). The third kappa shape index (κ3) is 4.89. The number of nitrogens with one attached hydrogen (secondary N) is 1. The van der Waals surface area contributed by atoms with Crippen LogP contribution in [0.25, 0.3) is 0 Å². The molecule has 3 heterocycles. The zero-order valence-electron chi connectivity index (χ0n) is 16.4. The summed E-state index contributed by atoms with van der Waals surface area (Å²) in [4.78, 5) is 41.9. The van der Waals surface area contributed by atoms with E-state index >= 15 is 0 Å². The third-order valence-corrected chi connectivity index (χ3v) is 6.28. The van der Waals surface area contributed by atoms with Gasteiger partial charge in [0, 0.05) is 42.5 Å². The van der Waals surface area contributed by atoms with Crippen LogP contribution in [0.1, 0.15) is 44.9 Å². The van der Waals surface area contributed by atoms with Crippen LogP contribution in [0, 0.1) is 5.92 Å². The van der Waals surface area contributed by atoms with Gasteiger partial charge >= 0.3 is 0 Å². The summed E-state index contributed by atoms with van der Waals surface area (Å²) in [6, 6.07) is 4.03. The van der Waals surface area contributed by atoms with Crippen LogP contribution in [0.3, 0.4) is 0 Å². The number of nitrogens with zero attached hydrogens (tertiary/aromatic N) is 2. The van der Waals surface area contributed by atoms with Crippen LogP contribution in [0.2, 0.25) is 0 Å². The second-order valence-corrected chi connectivity index (χ2v) is 9.53. The molecule has 0 aromatic carbocycles. The number of carbonyl (C=O) groups excluding carboxylic acids is 3. The number of hydrogen-bond donors (Lipinski definition) is 1. The number of hydrogen-bond acceptors (Lipinski definition) is 4. The van der Waals surface area contributed by atoms with Crippen molar-refractivity contribution >= 4 is 29.1 Å². The van der Waals surface area contributed by atoms with Crippen molar-refractivity contribution in [1.29, 1.82) is 0 Å². The Morgan fingerprint density at radius 1 is 1.26 bits per heavy atom. The molecule has 0 aliphatic carbocycles. The van der Waals surface area contributed by atoms with Crippen molar-refractivity contribution < 1.29 is 14.4 Å². The summed E-state index contributed by atoms with van der Waals surface area (Å²) >= 11 is 1.60. The van der Waals surface area contributed by atoms with Gasteiger partial charge in [0.1, 0.15) is 0 Å². The molecule has 1 N–H and O–H groups in total. The van der Waals surface area contributed by atoms with Gasteiger partial charge in [-0.05, 0) is 45.1 Å². The zero-order valence-corrected chi connectivity index (χ0v) is 17.2. The van der Waals surface area contributed by atoms with E-state index in [1.54, 1.807) is 16.2 Å². The lowest BCUT2D eigenvalue weighted by atomic mass is 10.0. The first-order valence-electron chi connectivity index (χ1n) is 9.65. The van der Waals surface area contributed by atoms with Crippen LogP contribution < -0.4 is 5.32 Å². The second-order valence-electron chi connectivity index (χ2n) is 8.50. The lowest BCUT2D eigenvalue weighted by Crippen LogP contribution is -2.48. The molecule has 1 aromatic heterocycles. The van der Waals surface area contributed by atoms with E-state index in [9.17, 15) is 14.4 Å². The molecule has 0 bridgehead atoms. The smallest absolute Gasteiger partial charge is 0.227 e. The maximum atomic E-state index is 12.6. The predicted octanol–water partition coefficient (Wildman–Crippen LogP) is 2.04. The number of carbonyl (C=O) groups is 3. The monoisotopic (exact) mass is 391 g/mol. The summed E-state index contributed by atoms with van der Waals surface area (Å²) < 4.78 is 0. The van der Waals surface area contributed by atoms with Gasteiger partial charge in [-0.2, -0.15) is 0 Å². The topological polar surface area (TPSA) is 69.7 Å². The fourth-order valence-corrected chi connectivity index (χ4v) is 4.49. The first kappa shape index (κ1) is 19.9. The third-order valence-electron chi connectivity index (χ3n) is 5.41. The summed E-state index contributed by atoms with van der Waals surface area (Å²) in [6.45, 7) is 7.82. The van der Waals surface area contributed by atoms with Crippen molar-refractivity contribution in [2.24, 2.45) is 5.92 Å². The van der Waals surface area contributed by atoms with E-state index in [0.29, 0.717) is 32.5 Å². The van der Waals surface area contributed by atoms with E-state index in [2.05, 4.69) is 5.32 Å². The quantitative estimate of drug-likeness (QED) is 0.854. The van der Waals surface area contributed by atoms with Gasteiger partial charge in [0.25, 0.3) is 0 Å². The SMILES string of the molecule is CC(C)(C)N1CC(C(=O)NC2CCN(C(=O)Cc3cccs3)CC2)CC1=O. The van der Waals surface area contributed by atoms with E-state index in [1.807, 2.05) is 43.2 Å². The minimum Gasteiger partial charge on any atom is -0.353 e. The highest BCUT2D eigenvalue weighted by Crippen LogP contribution is 2.26. The van der Waals surface area contributed by atoms with Crippen molar-refractivity contribution in [2.75, 3.05) is 19.6 Å². The molecule has 6 nitrogen and oxygen atoms in total. The zero-order chi connectivity index (χ0) is 19.6. The molecule has 2 aliphatic rings. The van der Waals surface area contributed by atoms with E-state index in [4.69, 9.17) is 0 Å². The normalized spacial score (nSPS) is 21.6. The van der Waals surface area contributed by atoms with Gasteiger partial charge in [-0.3, -0.25) is 14.4 Å². The minimum atomic E-state index is -0.268. The molecule has 2 aliphatic heterocycles. The van der Waals surface area contributed by atoms with Crippen LogP contribution in [-0.4, -0.2) is 58.7 Å². The number of likely N-dealkylation sites (tertiary alicyclic amines) is 2. The highest BCUT2D eigenvalue weighted by molar-refractivity contribution is 7.10. The summed E-state index contributed by atoms with van der Waals surface area (Å²) in [5.41, 5.74) is -0.250. The van der Waals surface area contributed by atoms with Crippen LogP contribution in [0.4, 0.5) is 0 Å². The molecule has 148 valence electrons. The van der Waals surface area contributed by atoms with Crippen LogP contribution in [0.5, 0.6) is 0 Å². The number of rotatable bonds is 4. The fraction of sp³-hybridized carbons (Fsp3) is 0.650. The van der Waals surface area contributed by atoms with Gasteiger partial charge < -0.3 is 15.1 Å². The Labute approximate surface area is 164 Å². The van der Waals surface area contributed by atoms with E-state index in [0.717, 1.165) is 17.7 Å². The number of thiophene rings is 1. The Balaban J connectivity index is 1.44. The largest absolute Gasteiger partial charge is 0.353 e. The Kier molecular flexibility index (Phi) is 5.89. The Hall–Kier alpha value is -1.89. The summed E-state index contributed by atoms with van der Waals surface area (Å²) in [5.74, 6) is -0.0882. The van der Waals surface area contributed by atoms with Crippen LogP contribution in [-0.2, 0) is 20.8 Å². The Bertz CT molecular complexity index is 688. The van der Waals surface area contributed by atoms with Crippen molar-refractivity contribution in [1.82, 2.24) is 15.1 Å². The highest BCUT2D eigenvalue weighted by Gasteiger charge is 2.40. The van der Waals surface area contributed by atoms with Crippen molar-refractivity contribution in [2.45, 2.75) is 58.0 Å². The summed E-state index contributed by atoms with van der Waals surface area (Å²) in [5, 5.41) is 5.09. The van der Waals surface area contributed by atoms with Gasteiger partial charge in [-0.25, -0.2) is 0 Å². The van der Waals surface area contributed by atoms with Crippen molar-refractivity contribution in [3.05, 3.63) is 22.4 Å². The lowest BCUT2D eigenvalue weighted by Gasteiger charge is -2.33. The molecule has 1 atom stereocenters. The lowest BCUT2D eigenvalue weighted by molar-refractivity contribution is -0.133. The molecule has 27 heavy (non-hydrogen) atoms. The molecule has 0 radical (unpaired) electrons. The molecule has 0 saturated carbocycles. The predicted molar refractivity (Wildman–Crippen MR) is 105 cm³/mol. The molecule has 2 fully saturated rings. The summed E-state index contributed by atoms with van der Waals surface area (Å²) in [7, 11) is 0. The van der Waals surface area contributed by atoms with E-state index in [1.165, 1.54) is 0 Å². The summed E-state index contributed by atoms with van der Waals surface area (Å²) in [6.07, 6.45) is 2.29. The average Bonchev–Trinajstić information content (AvgIpc) is 3.24. The maximum absolute atomic E-state index is 12.6. The first-order chi connectivity index (χ1) is 12.7. The Morgan fingerprint density at radius 2 is 1.96 bits per heavy atom. The van der Waals surface area contributed by atoms with Gasteiger partial charge in [0.2, 0.25) is 17.7 Å². The molecule has 3 amide bonds. The number of piperidine rings is 1. The molecular formula is C20H29N3O3S. The van der Waals surface area contributed by atoms with Gasteiger partial charge in [0.15, 0.2) is 0 Å². The fourth-order valence-electron chi connectivity index (χ4n) is 3.80. The molecule has 0 spiro atoms. The second kappa shape index (κ2) is 8.00. The molecule has 1 aromatic rings. The van der Waals surface area contributed by atoms with Crippen molar-refractivity contribution in [3.63, 3.8) is 0 Å². The highest BCUT2D eigenvalue weighted by atomic mass is 32.1. The van der Waals surface area contributed by atoms with Gasteiger partial charge in [-0.15, -0.1) is 11.3 Å². The van der Waals surface area contributed by atoms with Crippen molar-refractivity contribution in [3.8, 4) is 0 Å². The van der Waals surface area contributed by atoms with Crippen LogP contribution in [0.15, 0.2) is 17.5 Å². The Morgan fingerprint density at radius 3 is 2.52 bits per heavy atom. The van der Waals surface area contributed by atoms with Gasteiger partial charge in [0.05, 0.1) is 12.3 Å². The minimum absolute atomic E-state index is 0.0292.